The molecule has 1 N–H and O–H groups in total. The maximum Gasteiger partial charge on any atom is 0.252 e. The van der Waals surface area contributed by atoms with Crippen molar-refractivity contribution in [1.29, 1.82) is 0 Å². The SMILES string of the molecule is C=CCC(c1ccc(Cl)c(Cl)c1)C1(C)NC(=O)c2cc(F)ccc21. The Kier molecular flexibility index (Phi) is 4.41. The van der Waals surface area contributed by atoms with E-state index in [2.05, 4.69) is 11.9 Å². The van der Waals surface area contributed by atoms with E-state index in [9.17, 15) is 9.18 Å². The highest BCUT2D eigenvalue weighted by Crippen LogP contribution is 2.45. The number of carbonyl (C=O) groups is 1. The molecule has 0 aliphatic carbocycles. The summed E-state index contributed by atoms with van der Waals surface area (Å²) >= 11 is 12.2. The second-order valence-corrected chi connectivity index (χ2v) is 6.91. The molecular weight excluding hydrogens is 348 g/mol. The highest BCUT2D eigenvalue weighted by Gasteiger charge is 2.45. The third-order valence-electron chi connectivity index (χ3n) is 4.60. The van der Waals surface area contributed by atoms with E-state index >= 15 is 0 Å². The molecule has 1 aliphatic rings. The third-order valence-corrected chi connectivity index (χ3v) is 5.34. The van der Waals surface area contributed by atoms with Crippen LogP contribution >= 0.6 is 23.2 Å². The number of fused-ring (bicyclic) bond motifs is 1. The number of rotatable bonds is 4. The number of hydrogen-bond acceptors (Lipinski definition) is 1. The quantitative estimate of drug-likeness (QED) is 0.718. The summed E-state index contributed by atoms with van der Waals surface area (Å²) in [6, 6.07) is 9.74. The first kappa shape index (κ1) is 17.0. The van der Waals surface area contributed by atoms with E-state index in [-0.39, 0.29) is 11.8 Å². The van der Waals surface area contributed by atoms with Crippen LogP contribution in [0.2, 0.25) is 10.0 Å². The topological polar surface area (TPSA) is 29.1 Å². The van der Waals surface area contributed by atoms with E-state index in [1.807, 2.05) is 13.0 Å². The summed E-state index contributed by atoms with van der Waals surface area (Å²) in [6.07, 6.45) is 2.41. The molecule has 2 aromatic carbocycles. The molecule has 2 nitrogen and oxygen atoms in total. The number of halogens is 3. The predicted octanol–water partition coefficient (Wildman–Crippen LogP) is 5.45. The summed E-state index contributed by atoms with van der Waals surface area (Å²) < 4.78 is 13.5. The van der Waals surface area contributed by atoms with Crippen LogP contribution in [0, 0.1) is 5.82 Å². The van der Waals surface area contributed by atoms with Crippen molar-refractivity contribution in [2.75, 3.05) is 0 Å². The van der Waals surface area contributed by atoms with Crippen molar-refractivity contribution in [2.24, 2.45) is 0 Å². The summed E-state index contributed by atoms with van der Waals surface area (Å²) in [6.45, 7) is 5.76. The predicted molar refractivity (Wildman–Crippen MR) is 95.2 cm³/mol. The Balaban J connectivity index is 2.14. The maximum atomic E-state index is 13.5. The highest BCUT2D eigenvalue weighted by molar-refractivity contribution is 6.42. The minimum Gasteiger partial charge on any atom is -0.342 e. The van der Waals surface area contributed by atoms with Crippen LogP contribution in [-0.4, -0.2) is 5.91 Å². The minimum atomic E-state index is -0.689. The maximum absolute atomic E-state index is 13.5. The van der Waals surface area contributed by atoms with Gasteiger partial charge < -0.3 is 5.32 Å². The van der Waals surface area contributed by atoms with Crippen LogP contribution in [0.3, 0.4) is 0 Å². The summed E-state index contributed by atoms with van der Waals surface area (Å²) in [4.78, 5) is 12.3. The molecule has 1 heterocycles. The first-order valence-corrected chi connectivity index (χ1v) is 8.31. The number of carbonyl (C=O) groups excluding carboxylic acids is 1. The summed E-state index contributed by atoms with van der Waals surface area (Å²) in [7, 11) is 0. The van der Waals surface area contributed by atoms with Gasteiger partial charge in [0.2, 0.25) is 0 Å². The molecule has 0 saturated carbocycles. The Morgan fingerprint density at radius 3 is 2.67 bits per heavy atom. The van der Waals surface area contributed by atoms with Crippen molar-refractivity contribution in [3.63, 3.8) is 0 Å². The summed E-state index contributed by atoms with van der Waals surface area (Å²) in [5.74, 6) is -0.815. The Morgan fingerprint density at radius 1 is 1.25 bits per heavy atom. The molecule has 124 valence electrons. The average Bonchev–Trinajstić information content (AvgIpc) is 2.79. The second kappa shape index (κ2) is 6.23. The Morgan fingerprint density at radius 2 is 2.00 bits per heavy atom. The van der Waals surface area contributed by atoms with Gasteiger partial charge >= 0.3 is 0 Å². The van der Waals surface area contributed by atoms with Crippen LogP contribution in [0.4, 0.5) is 4.39 Å². The van der Waals surface area contributed by atoms with Gasteiger partial charge in [-0.1, -0.05) is 41.4 Å². The lowest BCUT2D eigenvalue weighted by Gasteiger charge is -2.35. The molecule has 0 fully saturated rings. The molecule has 3 rings (SSSR count). The smallest absolute Gasteiger partial charge is 0.252 e. The first-order valence-electron chi connectivity index (χ1n) is 7.55. The fraction of sp³-hybridized carbons (Fsp3) is 0.211. The minimum absolute atomic E-state index is 0.111. The zero-order valence-corrected chi connectivity index (χ0v) is 14.6. The largest absolute Gasteiger partial charge is 0.342 e. The molecule has 0 radical (unpaired) electrons. The fourth-order valence-corrected chi connectivity index (χ4v) is 3.71. The molecule has 1 amide bonds. The molecule has 2 unspecified atom stereocenters. The molecule has 0 spiro atoms. The van der Waals surface area contributed by atoms with E-state index in [4.69, 9.17) is 23.2 Å². The molecule has 24 heavy (non-hydrogen) atoms. The Bertz CT molecular complexity index is 836. The molecule has 5 heteroatoms. The van der Waals surface area contributed by atoms with Gasteiger partial charge in [0.25, 0.3) is 5.91 Å². The van der Waals surface area contributed by atoms with Gasteiger partial charge in [0.15, 0.2) is 0 Å². The van der Waals surface area contributed by atoms with Gasteiger partial charge in [-0.15, -0.1) is 6.58 Å². The van der Waals surface area contributed by atoms with Gasteiger partial charge in [-0.05, 0) is 48.7 Å². The van der Waals surface area contributed by atoms with Crippen molar-refractivity contribution in [3.05, 3.63) is 81.6 Å². The van der Waals surface area contributed by atoms with Crippen LogP contribution in [0.5, 0.6) is 0 Å². The van der Waals surface area contributed by atoms with Gasteiger partial charge in [0.1, 0.15) is 5.82 Å². The van der Waals surface area contributed by atoms with E-state index in [0.29, 0.717) is 22.0 Å². The lowest BCUT2D eigenvalue weighted by Crippen LogP contribution is -2.41. The van der Waals surface area contributed by atoms with E-state index in [1.165, 1.54) is 12.1 Å². The lowest BCUT2D eigenvalue weighted by atomic mass is 9.75. The molecular formula is C19H16Cl2FNO. The molecule has 0 bridgehead atoms. The van der Waals surface area contributed by atoms with Gasteiger partial charge in [-0.25, -0.2) is 4.39 Å². The van der Waals surface area contributed by atoms with Crippen molar-refractivity contribution in [3.8, 4) is 0 Å². The number of allylic oxidation sites excluding steroid dienone is 1. The molecule has 2 aromatic rings. The van der Waals surface area contributed by atoms with E-state index in [0.717, 1.165) is 11.1 Å². The standard InChI is InChI=1S/C19H16Cl2FNO/c1-3-4-14(11-5-8-16(20)17(21)9-11)19(2)15-7-6-12(22)10-13(15)18(24)23-19/h3,5-10,14H,1,4H2,2H3,(H,23,24). The lowest BCUT2D eigenvalue weighted by molar-refractivity contribution is 0.0924. The molecule has 0 aromatic heterocycles. The van der Waals surface area contributed by atoms with Crippen LogP contribution < -0.4 is 5.32 Å². The second-order valence-electron chi connectivity index (χ2n) is 6.10. The molecule has 1 aliphatic heterocycles. The fourth-order valence-electron chi connectivity index (χ4n) is 3.40. The van der Waals surface area contributed by atoms with E-state index in [1.54, 1.807) is 24.3 Å². The molecule has 0 saturated heterocycles. The summed E-state index contributed by atoms with van der Waals surface area (Å²) in [5.41, 5.74) is 1.38. The number of nitrogens with one attached hydrogen (secondary N) is 1. The molecule has 2 atom stereocenters. The zero-order valence-electron chi connectivity index (χ0n) is 13.1. The summed E-state index contributed by atoms with van der Waals surface area (Å²) in [5, 5.41) is 3.94. The first-order chi connectivity index (χ1) is 11.4. The highest BCUT2D eigenvalue weighted by atomic mass is 35.5. The number of benzene rings is 2. The third kappa shape index (κ3) is 2.72. The zero-order chi connectivity index (χ0) is 17.5. The van der Waals surface area contributed by atoms with Crippen molar-refractivity contribution < 1.29 is 9.18 Å². The van der Waals surface area contributed by atoms with Crippen LogP contribution in [0.25, 0.3) is 0 Å². The van der Waals surface area contributed by atoms with E-state index < -0.39 is 11.4 Å². The van der Waals surface area contributed by atoms with Crippen molar-refractivity contribution >= 4 is 29.1 Å². The van der Waals surface area contributed by atoms with Gasteiger partial charge in [0.05, 0.1) is 15.6 Å². The number of hydrogen-bond donors (Lipinski definition) is 1. The Hall–Kier alpha value is -1.84. The van der Waals surface area contributed by atoms with Crippen LogP contribution in [0.15, 0.2) is 49.1 Å². The normalized spacial score (nSPS) is 20.4. The van der Waals surface area contributed by atoms with Crippen LogP contribution in [0.1, 0.15) is 40.7 Å². The number of amides is 1. The van der Waals surface area contributed by atoms with Crippen molar-refractivity contribution in [2.45, 2.75) is 24.8 Å². The van der Waals surface area contributed by atoms with Gasteiger partial charge in [-0.2, -0.15) is 0 Å². The monoisotopic (exact) mass is 363 g/mol. The van der Waals surface area contributed by atoms with Crippen molar-refractivity contribution in [1.82, 2.24) is 5.32 Å². The van der Waals surface area contributed by atoms with Crippen LogP contribution in [-0.2, 0) is 5.54 Å². The average molecular weight is 364 g/mol. The van der Waals surface area contributed by atoms with Gasteiger partial charge in [0, 0.05) is 11.5 Å². The Labute approximate surface area is 150 Å². The van der Waals surface area contributed by atoms with Gasteiger partial charge in [-0.3, -0.25) is 4.79 Å².